The molecule has 2 aromatic carbocycles. The quantitative estimate of drug-likeness (QED) is 0.548. The molecule has 0 bridgehead atoms. The number of hydrogen-bond donors (Lipinski definition) is 1. The molecular formula is C21H25N3O5S2. The van der Waals surface area contributed by atoms with Crippen molar-refractivity contribution in [2.45, 2.75) is 43.1 Å². The summed E-state index contributed by atoms with van der Waals surface area (Å²) in [5.74, 6) is 0.636. The molecule has 0 radical (unpaired) electrons. The van der Waals surface area contributed by atoms with Crippen molar-refractivity contribution in [3.8, 4) is 11.8 Å². The van der Waals surface area contributed by atoms with Crippen molar-refractivity contribution in [2.75, 3.05) is 6.26 Å². The van der Waals surface area contributed by atoms with E-state index >= 15 is 0 Å². The Hall–Kier alpha value is -2.69. The standard InChI is InChI=1S/C21H25N3O5S2/c1-5-24-20(14-22-21(24)29-17-8-6-15(2)7-9-17)16(3)23-31(27,28)19-12-10-18(11-13-19)30(4,25)26/h6-14,16,23H,5H2,1-4H3. The molecule has 1 N–H and O–H groups in total. The number of ether oxygens (including phenoxy) is 1. The van der Waals surface area contributed by atoms with E-state index in [-0.39, 0.29) is 9.79 Å². The number of aryl methyl sites for hydroxylation is 1. The van der Waals surface area contributed by atoms with E-state index in [9.17, 15) is 16.8 Å². The van der Waals surface area contributed by atoms with E-state index in [1.54, 1.807) is 17.7 Å². The second-order valence-electron chi connectivity index (χ2n) is 7.21. The molecule has 1 aromatic heterocycles. The van der Waals surface area contributed by atoms with Crippen molar-refractivity contribution in [2.24, 2.45) is 0 Å². The summed E-state index contributed by atoms with van der Waals surface area (Å²) in [7, 11) is -7.28. The van der Waals surface area contributed by atoms with Crippen LogP contribution in [0.15, 0.2) is 64.5 Å². The zero-order chi connectivity index (χ0) is 22.8. The summed E-state index contributed by atoms with van der Waals surface area (Å²) < 4.78 is 59.0. The van der Waals surface area contributed by atoms with Gasteiger partial charge in [0.25, 0.3) is 0 Å². The molecule has 1 atom stereocenters. The van der Waals surface area contributed by atoms with Gasteiger partial charge in [0.1, 0.15) is 5.75 Å². The molecule has 3 aromatic rings. The first-order valence-corrected chi connectivity index (χ1v) is 13.0. The fourth-order valence-corrected chi connectivity index (χ4v) is 4.90. The lowest BCUT2D eigenvalue weighted by atomic mass is 10.2. The SMILES string of the molecule is CCn1c(C(C)NS(=O)(=O)c2ccc(S(C)(=O)=O)cc2)cnc1Oc1ccc(C)cc1. The largest absolute Gasteiger partial charge is 0.426 e. The van der Waals surface area contributed by atoms with Gasteiger partial charge in [-0.3, -0.25) is 4.57 Å². The van der Waals surface area contributed by atoms with Crippen molar-refractivity contribution in [3.63, 3.8) is 0 Å². The number of nitrogens with one attached hydrogen (secondary N) is 1. The summed E-state index contributed by atoms with van der Waals surface area (Å²) in [6.45, 7) is 6.14. The number of rotatable bonds is 8. The molecule has 0 aliphatic carbocycles. The van der Waals surface area contributed by atoms with E-state index in [1.807, 2.05) is 38.1 Å². The predicted molar refractivity (Wildman–Crippen MR) is 117 cm³/mol. The second kappa shape index (κ2) is 8.81. The summed E-state index contributed by atoms with van der Waals surface area (Å²) in [5.41, 5.74) is 1.75. The molecule has 0 saturated carbocycles. The first-order valence-electron chi connectivity index (χ1n) is 9.63. The molecule has 8 nitrogen and oxygen atoms in total. The van der Waals surface area contributed by atoms with Crippen LogP contribution in [0.5, 0.6) is 11.8 Å². The normalized spacial score (nSPS) is 13.2. The number of sulfonamides is 1. The molecular weight excluding hydrogens is 438 g/mol. The Kier molecular flexibility index (Phi) is 6.54. The first kappa shape index (κ1) is 23.0. The maximum atomic E-state index is 12.8. The molecule has 0 amide bonds. The van der Waals surface area contributed by atoms with E-state index in [0.717, 1.165) is 11.8 Å². The van der Waals surface area contributed by atoms with Gasteiger partial charge in [0.05, 0.1) is 27.7 Å². The molecule has 10 heteroatoms. The third-order valence-corrected chi connectivity index (χ3v) is 7.42. The first-order chi connectivity index (χ1) is 14.5. The Morgan fingerprint density at radius 1 is 1.00 bits per heavy atom. The lowest BCUT2D eigenvalue weighted by molar-refractivity contribution is 0.408. The summed E-state index contributed by atoms with van der Waals surface area (Å²) in [4.78, 5) is 4.34. The van der Waals surface area contributed by atoms with Gasteiger partial charge < -0.3 is 4.74 Å². The third kappa shape index (κ3) is 5.33. The minimum atomic E-state index is -3.88. The molecule has 1 heterocycles. The maximum absolute atomic E-state index is 12.8. The highest BCUT2D eigenvalue weighted by Gasteiger charge is 2.23. The number of benzene rings is 2. The molecule has 0 spiro atoms. The number of aromatic nitrogens is 2. The van der Waals surface area contributed by atoms with Crippen molar-refractivity contribution in [1.82, 2.24) is 14.3 Å². The third-order valence-electron chi connectivity index (χ3n) is 4.73. The fraction of sp³-hybridized carbons (Fsp3) is 0.286. The van der Waals surface area contributed by atoms with E-state index in [2.05, 4.69) is 9.71 Å². The Morgan fingerprint density at radius 2 is 1.58 bits per heavy atom. The maximum Gasteiger partial charge on any atom is 0.302 e. The predicted octanol–water partition coefficient (Wildman–Crippen LogP) is 3.45. The number of imidazole rings is 1. The number of nitrogens with zero attached hydrogens (tertiary/aromatic N) is 2. The van der Waals surface area contributed by atoms with Gasteiger partial charge in [-0.2, -0.15) is 0 Å². The molecule has 3 rings (SSSR count). The molecule has 0 aliphatic rings. The molecule has 1 unspecified atom stereocenters. The topological polar surface area (TPSA) is 107 Å². The lowest BCUT2D eigenvalue weighted by Crippen LogP contribution is -2.28. The summed E-state index contributed by atoms with van der Waals surface area (Å²) in [5, 5.41) is 0. The fourth-order valence-electron chi connectivity index (χ4n) is 3.05. The summed E-state index contributed by atoms with van der Waals surface area (Å²) >= 11 is 0. The molecule has 0 fully saturated rings. The summed E-state index contributed by atoms with van der Waals surface area (Å²) in [6, 6.07) is 12.4. The summed E-state index contributed by atoms with van der Waals surface area (Å²) in [6.07, 6.45) is 2.64. The van der Waals surface area contributed by atoms with Crippen LogP contribution in [0.4, 0.5) is 0 Å². The van der Waals surface area contributed by atoms with Crippen LogP contribution in [-0.2, 0) is 26.4 Å². The van der Waals surface area contributed by atoms with Crippen LogP contribution >= 0.6 is 0 Å². The van der Waals surface area contributed by atoms with Crippen LogP contribution in [0, 0.1) is 6.92 Å². The average molecular weight is 464 g/mol. The van der Waals surface area contributed by atoms with Crippen molar-refractivity contribution < 1.29 is 21.6 Å². The van der Waals surface area contributed by atoms with Gasteiger partial charge >= 0.3 is 6.01 Å². The zero-order valence-corrected chi connectivity index (χ0v) is 19.4. The monoisotopic (exact) mass is 463 g/mol. The van der Waals surface area contributed by atoms with Crippen LogP contribution in [0.2, 0.25) is 0 Å². The van der Waals surface area contributed by atoms with E-state index in [4.69, 9.17) is 4.74 Å². The van der Waals surface area contributed by atoms with Gasteiger partial charge in [-0.15, -0.1) is 0 Å². The van der Waals surface area contributed by atoms with E-state index < -0.39 is 25.9 Å². The number of sulfone groups is 1. The minimum Gasteiger partial charge on any atom is -0.426 e. The van der Waals surface area contributed by atoms with Gasteiger partial charge in [-0.05, 0) is 57.2 Å². The molecule has 0 aliphatic heterocycles. The van der Waals surface area contributed by atoms with Gasteiger partial charge in [-0.25, -0.2) is 26.5 Å². The number of hydrogen-bond acceptors (Lipinski definition) is 6. The highest BCUT2D eigenvalue weighted by Crippen LogP contribution is 2.26. The minimum absolute atomic E-state index is 0.0227. The smallest absolute Gasteiger partial charge is 0.302 e. The van der Waals surface area contributed by atoms with E-state index in [0.29, 0.717) is 24.0 Å². The van der Waals surface area contributed by atoms with Gasteiger partial charge in [0, 0.05) is 12.8 Å². The Bertz CT molecular complexity index is 1260. The van der Waals surface area contributed by atoms with Crippen molar-refractivity contribution in [1.29, 1.82) is 0 Å². The van der Waals surface area contributed by atoms with Gasteiger partial charge in [-0.1, -0.05) is 17.7 Å². The van der Waals surface area contributed by atoms with Crippen LogP contribution in [-0.4, -0.2) is 32.6 Å². The van der Waals surface area contributed by atoms with Crippen LogP contribution in [0.3, 0.4) is 0 Å². The molecule has 31 heavy (non-hydrogen) atoms. The van der Waals surface area contributed by atoms with Gasteiger partial charge in [0.2, 0.25) is 10.0 Å². The molecule has 166 valence electrons. The average Bonchev–Trinajstić information content (AvgIpc) is 3.11. The Morgan fingerprint density at radius 3 is 2.13 bits per heavy atom. The van der Waals surface area contributed by atoms with Crippen LogP contribution in [0.25, 0.3) is 0 Å². The molecule has 0 saturated heterocycles. The van der Waals surface area contributed by atoms with Crippen molar-refractivity contribution >= 4 is 19.9 Å². The Labute approximate surface area is 182 Å². The highest BCUT2D eigenvalue weighted by atomic mass is 32.2. The Balaban J connectivity index is 1.81. The van der Waals surface area contributed by atoms with Gasteiger partial charge in [0.15, 0.2) is 9.84 Å². The lowest BCUT2D eigenvalue weighted by Gasteiger charge is -2.17. The zero-order valence-electron chi connectivity index (χ0n) is 17.7. The van der Waals surface area contributed by atoms with E-state index in [1.165, 1.54) is 24.3 Å². The van der Waals surface area contributed by atoms with Crippen LogP contribution < -0.4 is 9.46 Å². The second-order valence-corrected chi connectivity index (χ2v) is 10.9. The highest BCUT2D eigenvalue weighted by molar-refractivity contribution is 7.90. The van der Waals surface area contributed by atoms with Crippen molar-refractivity contribution in [3.05, 3.63) is 66.0 Å². The van der Waals surface area contributed by atoms with Crippen LogP contribution in [0.1, 0.15) is 31.1 Å².